The van der Waals surface area contributed by atoms with E-state index in [0.29, 0.717) is 13.1 Å². The number of benzene rings is 1. The lowest BCUT2D eigenvalue weighted by Gasteiger charge is -2.24. The van der Waals surface area contributed by atoms with Crippen LogP contribution in [0.5, 0.6) is 0 Å². The van der Waals surface area contributed by atoms with Gasteiger partial charge in [-0.3, -0.25) is 0 Å². The first-order valence-corrected chi connectivity index (χ1v) is 6.84. The highest BCUT2D eigenvalue weighted by molar-refractivity contribution is 5.54. The molecule has 0 aliphatic carbocycles. The van der Waals surface area contributed by atoms with Crippen molar-refractivity contribution in [3.05, 3.63) is 29.6 Å². The molecule has 1 aromatic carbocycles. The number of hydrogen-bond acceptors (Lipinski definition) is 4. The maximum Gasteiger partial charge on any atom is 0.125 e. The third kappa shape index (κ3) is 5.07. The van der Waals surface area contributed by atoms with Gasteiger partial charge in [0, 0.05) is 38.9 Å². The topological polar surface area (TPSA) is 38.7 Å². The van der Waals surface area contributed by atoms with Crippen molar-refractivity contribution in [1.82, 2.24) is 10.2 Å². The molecule has 2 N–H and O–H groups in total. The molecular formula is C15H26FN3O. The van der Waals surface area contributed by atoms with E-state index in [1.165, 1.54) is 12.1 Å². The summed E-state index contributed by atoms with van der Waals surface area (Å²) >= 11 is 0. The quantitative estimate of drug-likeness (QED) is 0.795. The molecule has 0 aliphatic heterocycles. The molecule has 0 saturated heterocycles. The van der Waals surface area contributed by atoms with E-state index in [1.54, 1.807) is 6.07 Å². The Hall–Kier alpha value is -1.17. The van der Waals surface area contributed by atoms with Gasteiger partial charge in [0.25, 0.3) is 0 Å². The van der Waals surface area contributed by atoms with E-state index in [4.69, 9.17) is 0 Å². The minimum Gasteiger partial charge on any atom is -0.390 e. The molecule has 4 nitrogen and oxygen atoms in total. The molecule has 0 saturated carbocycles. The van der Waals surface area contributed by atoms with Crippen molar-refractivity contribution in [2.45, 2.75) is 19.1 Å². The van der Waals surface area contributed by atoms with Crippen LogP contribution in [0.25, 0.3) is 0 Å². The van der Waals surface area contributed by atoms with Crippen LogP contribution in [0.4, 0.5) is 10.1 Å². The lowest BCUT2D eigenvalue weighted by molar-refractivity contribution is 0.132. The minimum absolute atomic E-state index is 0.0461. The highest BCUT2D eigenvalue weighted by atomic mass is 19.1. The van der Waals surface area contributed by atoms with Gasteiger partial charge >= 0.3 is 0 Å². The molecule has 0 fully saturated rings. The van der Waals surface area contributed by atoms with Crippen LogP contribution in [-0.4, -0.2) is 57.4 Å². The van der Waals surface area contributed by atoms with E-state index >= 15 is 0 Å². The third-order valence-corrected chi connectivity index (χ3v) is 3.18. The molecule has 20 heavy (non-hydrogen) atoms. The van der Waals surface area contributed by atoms with E-state index < -0.39 is 6.10 Å². The molecule has 1 rings (SSSR count). The number of hydrogen-bond donors (Lipinski definition) is 2. The van der Waals surface area contributed by atoms with Crippen LogP contribution < -0.4 is 10.2 Å². The molecular weight excluding hydrogens is 257 g/mol. The number of aliphatic hydroxyl groups is 1. The zero-order valence-electron chi connectivity index (χ0n) is 13.0. The van der Waals surface area contributed by atoms with Gasteiger partial charge in [-0.1, -0.05) is 6.07 Å². The van der Waals surface area contributed by atoms with E-state index in [-0.39, 0.29) is 11.9 Å². The van der Waals surface area contributed by atoms with Crippen molar-refractivity contribution >= 4 is 5.69 Å². The van der Waals surface area contributed by atoms with E-state index in [0.717, 1.165) is 11.3 Å². The SMILES string of the molecule is CC(NCC(O)CN(C)C)c1ccc(F)cc1N(C)C. The standard InChI is InChI=1S/C15H26FN3O/c1-11(17-9-13(20)10-18(2)3)14-7-6-12(16)8-15(14)19(4)5/h6-8,11,13,17,20H,9-10H2,1-5H3. The van der Waals surface area contributed by atoms with Crippen LogP contribution in [0.3, 0.4) is 0 Å². The van der Waals surface area contributed by atoms with Gasteiger partial charge in [-0.2, -0.15) is 0 Å². The molecule has 0 spiro atoms. The van der Waals surface area contributed by atoms with E-state index in [9.17, 15) is 9.50 Å². The average molecular weight is 283 g/mol. The summed E-state index contributed by atoms with van der Waals surface area (Å²) in [6.45, 7) is 3.13. The number of likely N-dealkylation sites (N-methyl/N-ethyl adjacent to an activating group) is 1. The Morgan fingerprint density at radius 3 is 2.45 bits per heavy atom. The van der Waals surface area contributed by atoms with Crippen LogP contribution in [0, 0.1) is 5.82 Å². The predicted molar refractivity (Wildman–Crippen MR) is 81.7 cm³/mol. The highest BCUT2D eigenvalue weighted by Gasteiger charge is 2.14. The number of halogens is 1. The fourth-order valence-corrected chi connectivity index (χ4v) is 2.18. The largest absolute Gasteiger partial charge is 0.390 e. The van der Waals surface area contributed by atoms with Crippen molar-refractivity contribution in [2.75, 3.05) is 46.2 Å². The normalized spacial score (nSPS) is 14.4. The summed E-state index contributed by atoms with van der Waals surface area (Å²) < 4.78 is 13.3. The fourth-order valence-electron chi connectivity index (χ4n) is 2.18. The molecule has 5 heteroatoms. The molecule has 114 valence electrons. The number of nitrogens with zero attached hydrogens (tertiary/aromatic N) is 2. The summed E-state index contributed by atoms with van der Waals surface area (Å²) in [7, 11) is 7.64. The molecule has 0 radical (unpaired) electrons. The summed E-state index contributed by atoms with van der Waals surface area (Å²) in [5.41, 5.74) is 1.88. The van der Waals surface area contributed by atoms with Crippen molar-refractivity contribution in [2.24, 2.45) is 0 Å². The Morgan fingerprint density at radius 1 is 1.25 bits per heavy atom. The van der Waals surface area contributed by atoms with Gasteiger partial charge in [0.2, 0.25) is 0 Å². The van der Waals surface area contributed by atoms with E-state index in [2.05, 4.69) is 5.32 Å². The number of anilines is 1. The second kappa shape index (κ2) is 7.57. The van der Waals surface area contributed by atoms with Crippen LogP contribution in [0.1, 0.15) is 18.5 Å². The Labute approximate surface area is 121 Å². The molecule has 0 heterocycles. The number of nitrogens with one attached hydrogen (secondary N) is 1. The molecule has 0 amide bonds. The van der Waals surface area contributed by atoms with Crippen LogP contribution in [0.15, 0.2) is 18.2 Å². The van der Waals surface area contributed by atoms with Crippen molar-refractivity contribution in [3.8, 4) is 0 Å². The monoisotopic (exact) mass is 283 g/mol. The smallest absolute Gasteiger partial charge is 0.125 e. The summed E-state index contributed by atoms with van der Waals surface area (Å²) in [5.74, 6) is -0.239. The summed E-state index contributed by atoms with van der Waals surface area (Å²) in [4.78, 5) is 3.84. The minimum atomic E-state index is -0.421. The molecule has 1 aromatic rings. The first-order valence-electron chi connectivity index (χ1n) is 6.84. The van der Waals surface area contributed by atoms with Crippen LogP contribution in [0.2, 0.25) is 0 Å². The summed E-state index contributed by atoms with van der Waals surface area (Å²) in [5, 5.41) is 13.2. The molecule has 0 aromatic heterocycles. The molecule has 2 unspecified atom stereocenters. The van der Waals surface area contributed by atoms with Gasteiger partial charge in [0.15, 0.2) is 0 Å². The number of aliphatic hydroxyl groups excluding tert-OH is 1. The Morgan fingerprint density at radius 2 is 1.90 bits per heavy atom. The highest BCUT2D eigenvalue weighted by Crippen LogP contribution is 2.25. The summed E-state index contributed by atoms with van der Waals surface area (Å²) in [6.07, 6.45) is -0.421. The lowest BCUT2D eigenvalue weighted by atomic mass is 10.0. The maximum atomic E-state index is 13.3. The van der Waals surface area contributed by atoms with Gasteiger partial charge < -0.3 is 20.2 Å². The van der Waals surface area contributed by atoms with Crippen LogP contribution >= 0.6 is 0 Å². The average Bonchev–Trinajstić information content (AvgIpc) is 2.35. The third-order valence-electron chi connectivity index (χ3n) is 3.18. The van der Waals surface area contributed by atoms with Gasteiger partial charge in [-0.05, 0) is 38.7 Å². The van der Waals surface area contributed by atoms with Gasteiger partial charge in [0.05, 0.1) is 6.10 Å². The Kier molecular flexibility index (Phi) is 6.39. The zero-order chi connectivity index (χ0) is 15.3. The van der Waals surface area contributed by atoms with Crippen molar-refractivity contribution < 1.29 is 9.50 Å². The molecule has 0 aliphatic rings. The van der Waals surface area contributed by atoms with E-state index in [1.807, 2.05) is 44.9 Å². The second-order valence-corrected chi connectivity index (χ2v) is 5.64. The van der Waals surface area contributed by atoms with Crippen molar-refractivity contribution in [3.63, 3.8) is 0 Å². The second-order valence-electron chi connectivity index (χ2n) is 5.64. The predicted octanol–water partition coefficient (Wildman–Crippen LogP) is 1.46. The Balaban J connectivity index is 2.70. The van der Waals surface area contributed by atoms with Crippen LogP contribution in [-0.2, 0) is 0 Å². The molecule has 0 bridgehead atoms. The number of rotatable bonds is 7. The van der Waals surface area contributed by atoms with Crippen molar-refractivity contribution in [1.29, 1.82) is 0 Å². The maximum absolute atomic E-state index is 13.3. The van der Waals surface area contributed by atoms with Gasteiger partial charge in [0.1, 0.15) is 5.82 Å². The van der Waals surface area contributed by atoms with Gasteiger partial charge in [-0.15, -0.1) is 0 Å². The molecule has 2 atom stereocenters. The summed E-state index contributed by atoms with van der Waals surface area (Å²) in [6, 6.07) is 4.84. The first kappa shape index (κ1) is 16.9. The van der Waals surface area contributed by atoms with Gasteiger partial charge in [-0.25, -0.2) is 4.39 Å². The fraction of sp³-hybridized carbons (Fsp3) is 0.600. The first-order chi connectivity index (χ1) is 9.31. The lowest BCUT2D eigenvalue weighted by Crippen LogP contribution is -2.36. The zero-order valence-corrected chi connectivity index (χ0v) is 13.0. The Bertz CT molecular complexity index is 424.